The standard InChI is InChI=1S/C15H16FNO3/c1-9-14(15(19)20-3)12(8-13(18)17(9)2)10-5-4-6-11(16)7-10/h4-7,12H,8H2,1-3H3. The predicted octanol–water partition coefficient (Wildman–Crippen LogP) is 2.22. The topological polar surface area (TPSA) is 46.6 Å². The van der Waals surface area contributed by atoms with Crippen LogP contribution < -0.4 is 0 Å². The molecule has 1 aromatic carbocycles. The number of ether oxygens (including phenoxy) is 1. The summed E-state index contributed by atoms with van der Waals surface area (Å²) in [6, 6.07) is 5.95. The molecule has 0 N–H and O–H groups in total. The zero-order valence-electron chi connectivity index (χ0n) is 11.6. The van der Waals surface area contributed by atoms with Gasteiger partial charge in [0.2, 0.25) is 5.91 Å². The summed E-state index contributed by atoms with van der Waals surface area (Å²) in [6.07, 6.45) is 0.127. The van der Waals surface area contributed by atoms with Gasteiger partial charge in [-0.3, -0.25) is 4.79 Å². The minimum atomic E-state index is -0.490. The number of allylic oxidation sites excluding steroid dienone is 1. The number of rotatable bonds is 2. The maximum absolute atomic E-state index is 13.4. The van der Waals surface area contributed by atoms with E-state index in [1.807, 2.05) is 0 Å². The van der Waals surface area contributed by atoms with Crippen LogP contribution in [0, 0.1) is 5.82 Å². The Morgan fingerprint density at radius 1 is 1.45 bits per heavy atom. The smallest absolute Gasteiger partial charge is 0.336 e. The highest BCUT2D eigenvalue weighted by Gasteiger charge is 2.35. The lowest BCUT2D eigenvalue weighted by atomic mass is 9.84. The van der Waals surface area contributed by atoms with Crippen molar-refractivity contribution in [1.82, 2.24) is 4.90 Å². The van der Waals surface area contributed by atoms with E-state index in [2.05, 4.69) is 0 Å². The molecule has 0 aliphatic carbocycles. The third-order valence-corrected chi connectivity index (χ3v) is 3.65. The Bertz CT molecular complexity index is 595. The second-order valence-corrected chi connectivity index (χ2v) is 4.76. The van der Waals surface area contributed by atoms with Gasteiger partial charge >= 0.3 is 5.97 Å². The fraction of sp³-hybridized carbons (Fsp3) is 0.333. The molecule has 1 heterocycles. The molecule has 2 rings (SSSR count). The van der Waals surface area contributed by atoms with Gasteiger partial charge in [0, 0.05) is 25.1 Å². The number of hydrogen-bond donors (Lipinski definition) is 0. The zero-order chi connectivity index (χ0) is 14.9. The molecule has 1 aromatic rings. The van der Waals surface area contributed by atoms with E-state index < -0.39 is 17.7 Å². The van der Waals surface area contributed by atoms with Gasteiger partial charge in [0.15, 0.2) is 0 Å². The van der Waals surface area contributed by atoms with Gasteiger partial charge in [-0.25, -0.2) is 9.18 Å². The lowest BCUT2D eigenvalue weighted by Crippen LogP contribution is -2.35. The first-order chi connectivity index (χ1) is 9.45. The summed E-state index contributed by atoms with van der Waals surface area (Å²) in [5, 5.41) is 0. The number of methoxy groups -OCH3 is 1. The summed E-state index contributed by atoms with van der Waals surface area (Å²) in [5.74, 6) is -1.46. The van der Waals surface area contributed by atoms with Gasteiger partial charge in [0.25, 0.3) is 0 Å². The quantitative estimate of drug-likeness (QED) is 0.779. The normalized spacial score (nSPS) is 19.3. The van der Waals surface area contributed by atoms with Crippen LogP contribution in [0.5, 0.6) is 0 Å². The fourth-order valence-electron chi connectivity index (χ4n) is 2.44. The fourth-order valence-corrected chi connectivity index (χ4v) is 2.44. The summed E-state index contributed by atoms with van der Waals surface area (Å²) < 4.78 is 18.2. The molecular weight excluding hydrogens is 261 g/mol. The predicted molar refractivity (Wildman–Crippen MR) is 71.2 cm³/mol. The number of nitrogens with zero attached hydrogens (tertiary/aromatic N) is 1. The van der Waals surface area contributed by atoms with E-state index in [-0.39, 0.29) is 12.3 Å². The molecule has 1 aliphatic rings. The Hall–Kier alpha value is -2.17. The SMILES string of the molecule is COC(=O)C1=C(C)N(C)C(=O)CC1c1cccc(F)c1. The lowest BCUT2D eigenvalue weighted by Gasteiger charge is -2.31. The van der Waals surface area contributed by atoms with Crippen LogP contribution in [0.15, 0.2) is 35.5 Å². The number of esters is 1. The molecule has 0 spiro atoms. The molecule has 0 aromatic heterocycles. The van der Waals surface area contributed by atoms with E-state index in [0.29, 0.717) is 16.8 Å². The number of halogens is 1. The summed E-state index contributed by atoms with van der Waals surface area (Å²) >= 11 is 0. The Morgan fingerprint density at radius 3 is 2.75 bits per heavy atom. The summed E-state index contributed by atoms with van der Waals surface area (Å²) in [7, 11) is 2.91. The van der Waals surface area contributed by atoms with Crippen molar-refractivity contribution in [2.45, 2.75) is 19.3 Å². The van der Waals surface area contributed by atoms with Gasteiger partial charge < -0.3 is 9.64 Å². The minimum Gasteiger partial charge on any atom is -0.466 e. The molecule has 106 valence electrons. The van der Waals surface area contributed by atoms with Crippen molar-refractivity contribution in [1.29, 1.82) is 0 Å². The third-order valence-electron chi connectivity index (χ3n) is 3.65. The van der Waals surface area contributed by atoms with E-state index in [4.69, 9.17) is 4.74 Å². The van der Waals surface area contributed by atoms with Crippen LogP contribution in [0.3, 0.4) is 0 Å². The first kappa shape index (κ1) is 14.2. The molecule has 1 amide bonds. The van der Waals surface area contributed by atoms with Crippen molar-refractivity contribution in [2.75, 3.05) is 14.2 Å². The van der Waals surface area contributed by atoms with Crippen molar-refractivity contribution >= 4 is 11.9 Å². The average Bonchev–Trinajstić information content (AvgIpc) is 2.43. The number of hydrogen-bond acceptors (Lipinski definition) is 3. The molecule has 0 bridgehead atoms. The van der Waals surface area contributed by atoms with Crippen LogP contribution in [0.4, 0.5) is 4.39 Å². The van der Waals surface area contributed by atoms with Gasteiger partial charge in [0.1, 0.15) is 5.82 Å². The molecule has 20 heavy (non-hydrogen) atoms. The van der Waals surface area contributed by atoms with Crippen LogP contribution in [0.2, 0.25) is 0 Å². The highest BCUT2D eigenvalue weighted by atomic mass is 19.1. The molecule has 0 saturated carbocycles. The summed E-state index contributed by atoms with van der Waals surface area (Å²) in [4.78, 5) is 25.4. The molecule has 1 aliphatic heterocycles. The van der Waals surface area contributed by atoms with Crippen molar-refractivity contribution in [3.63, 3.8) is 0 Å². The van der Waals surface area contributed by atoms with Crippen LogP contribution in [-0.2, 0) is 14.3 Å². The van der Waals surface area contributed by atoms with Crippen molar-refractivity contribution in [3.8, 4) is 0 Å². The van der Waals surface area contributed by atoms with Crippen molar-refractivity contribution in [2.24, 2.45) is 0 Å². The Morgan fingerprint density at radius 2 is 2.15 bits per heavy atom. The minimum absolute atomic E-state index is 0.107. The van der Waals surface area contributed by atoms with E-state index in [1.54, 1.807) is 26.1 Å². The highest BCUT2D eigenvalue weighted by molar-refractivity contribution is 5.95. The molecule has 0 fully saturated rings. The van der Waals surface area contributed by atoms with Gasteiger partial charge in [-0.15, -0.1) is 0 Å². The monoisotopic (exact) mass is 277 g/mol. The summed E-state index contributed by atoms with van der Waals surface area (Å²) in [5.41, 5.74) is 1.55. The van der Waals surface area contributed by atoms with Gasteiger partial charge in [0.05, 0.1) is 12.7 Å². The van der Waals surface area contributed by atoms with Crippen LogP contribution in [-0.4, -0.2) is 30.9 Å². The molecule has 0 radical (unpaired) electrons. The zero-order valence-corrected chi connectivity index (χ0v) is 11.6. The molecule has 0 saturated heterocycles. The molecule has 1 unspecified atom stereocenters. The molecule has 5 heteroatoms. The van der Waals surface area contributed by atoms with Gasteiger partial charge in [-0.1, -0.05) is 12.1 Å². The van der Waals surface area contributed by atoms with Crippen molar-refractivity contribution in [3.05, 3.63) is 46.9 Å². The first-order valence-electron chi connectivity index (χ1n) is 6.26. The Labute approximate surface area is 116 Å². The lowest BCUT2D eigenvalue weighted by molar-refractivity contribution is -0.137. The Balaban J connectivity index is 2.55. The average molecular weight is 277 g/mol. The number of amides is 1. The molecule has 1 atom stereocenters. The van der Waals surface area contributed by atoms with E-state index in [0.717, 1.165) is 0 Å². The van der Waals surface area contributed by atoms with Gasteiger partial charge in [-0.2, -0.15) is 0 Å². The number of carbonyl (C=O) groups is 2. The molecular formula is C15H16FNO3. The second kappa shape index (κ2) is 5.45. The summed E-state index contributed by atoms with van der Waals surface area (Å²) in [6.45, 7) is 1.69. The van der Waals surface area contributed by atoms with E-state index in [9.17, 15) is 14.0 Å². The van der Waals surface area contributed by atoms with Crippen LogP contribution >= 0.6 is 0 Å². The van der Waals surface area contributed by atoms with E-state index >= 15 is 0 Å². The van der Waals surface area contributed by atoms with E-state index in [1.165, 1.54) is 24.1 Å². The second-order valence-electron chi connectivity index (χ2n) is 4.76. The first-order valence-corrected chi connectivity index (χ1v) is 6.26. The Kier molecular flexibility index (Phi) is 3.88. The van der Waals surface area contributed by atoms with Crippen molar-refractivity contribution < 1.29 is 18.7 Å². The van der Waals surface area contributed by atoms with Crippen LogP contribution in [0.25, 0.3) is 0 Å². The maximum atomic E-state index is 13.4. The highest BCUT2D eigenvalue weighted by Crippen LogP contribution is 2.36. The van der Waals surface area contributed by atoms with Crippen LogP contribution in [0.1, 0.15) is 24.8 Å². The number of benzene rings is 1. The van der Waals surface area contributed by atoms with Gasteiger partial charge in [-0.05, 0) is 24.6 Å². The number of carbonyl (C=O) groups excluding carboxylic acids is 2. The third kappa shape index (κ3) is 2.43. The molecule has 4 nitrogen and oxygen atoms in total. The maximum Gasteiger partial charge on any atom is 0.336 e. The largest absolute Gasteiger partial charge is 0.466 e.